The van der Waals surface area contributed by atoms with Gasteiger partial charge in [0.05, 0.1) is 17.5 Å². The lowest BCUT2D eigenvalue weighted by Crippen LogP contribution is -2.43. The summed E-state index contributed by atoms with van der Waals surface area (Å²) in [6.45, 7) is 7.69. The monoisotopic (exact) mass is 403 g/mol. The van der Waals surface area contributed by atoms with E-state index in [1.165, 1.54) is 6.42 Å². The molecule has 114 valence electrons. The smallest absolute Gasteiger partial charge is 0.191 e. The molecule has 0 radical (unpaired) electrons. The highest BCUT2D eigenvalue weighted by Crippen LogP contribution is 2.14. The molecule has 1 heterocycles. The molecule has 0 amide bonds. The van der Waals surface area contributed by atoms with Crippen molar-refractivity contribution in [2.75, 3.05) is 25.4 Å². The van der Waals surface area contributed by atoms with Gasteiger partial charge in [-0.05, 0) is 32.6 Å². The van der Waals surface area contributed by atoms with E-state index in [1.807, 2.05) is 0 Å². The van der Waals surface area contributed by atoms with Crippen molar-refractivity contribution in [2.45, 2.75) is 38.9 Å². The molecule has 1 aliphatic heterocycles. The van der Waals surface area contributed by atoms with E-state index in [4.69, 9.17) is 5.73 Å². The van der Waals surface area contributed by atoms with Crippen LogP contribution in [0.1, 0.15) is 33.6 Å². The van der Waals surface area contributed by atoms with E-state index in [0.717, 1.165) is 19.5 Å². The Morgan fingerprint density at radius 2 is 2.11 bits per heavy atom. The third-order valence-corrected chi connectivity index (χ3v) is 5.54. The van der Waals surface area contributed by atoms with Crippen LogP contribution in [0.15, 0.2) is 4.99 Å². The molecular weight excluding hydrogens is 377 g/mol. The van der Waals surface area contributed by atoms with Crippen LogP contribution in [0.3, 0.4) is 0 Å². The predicted molar refractivity (Wildman–Crippen MR) is 90.8 cm³/mol. The third-order valence-electron chi connectivity index (χ3n) is 3.35. The fourth-order valence-electron chi connectivity index (χ4n) is 2.02. The number of nitrogens with two attached hydrogens (primary N) is 1. The number of sulfone groups is 1. The lowest BCUT2D eigenvalue weighted by atomic mass is 10.0. The highest BCUT2D eigenvalue weighted by molar-refractivity contribution is 14.0. The summed E-state index contributed by atoms with van der Waals surface area (Å²) in [5.41, 5.74) is 5.90. The zero-order chi connectivity index (χ0) is 13.8. The number of guanidine groups is 1. The molecule has 5 nitrogen and oxygen atoms in total. The van der Waals surface area contributed by atoms with Gasteiger partial charge in [-0.1, -0.05) is 6.92 Å². The molecule has 1 aliphatic rings. The summed E-state index contributed by atoms with van der Waals surface area (Å²) in [6.07, 6.45) is 2.35. The number of hydrogen-bond donors (Lipinski definition) is 1. The van der Waals surface area contributed by atoms with Gasteiger partial charge in [-0.3, -0.25) is 4.99 Å². The Morgan fingerprint density at radius 3 is 2.63 bits per heavy atom. The fourth-order valence-corrected chi connectivity index (χ4v) is 2.84. The van der Waals surface area contributed by atoms with Crippen molar-refractivity contribution >= 4 is 39.8 Å². The highest BCUT2D eigenvalue weighted by Gasteiger charge is 2.18. The Bertz CT molecular complexity index is 396. The predicted octanol–water partition coefficient (Wildman–Crippen LogP) is 1.47. The van der Waals surface area contributed by atoms with E-state index in [1.54, 1.807) is 13.8 Å². The maximum Gasteiger partial charge on any atom is 0.191 e. The number of likely N-dealkylation sites (tertiary alicyclic amines) is 1. The van der Waals surface area contributed by atoms with Crippen molar-refractivity contribution in [3.05, 3.63) is 0 Å². The van der Waals surface area contributed by atoms with Crippen molar-refractivity contribution in [2.24, 2.45) is 16.6 Å². The van der Waals surface area contributed by atoms with Crippen LogP contribution in [-0.4, -0.2) is 49.9 Å². The second-order valence-corrected chi connectivity index (χ2v) is 8.03. The molecule has 0 aromatic heterocycles. The number of hydrogen-bond acceptors (Lipinski definition) is 3. The van der Waals surface area contributed by atoms with Gasteiger partial charge in [0.25, 0.3) is 0 Å². The first kappa shape index (κ1) is 18.9. The Balaban J connectivity index is 0.00000324. The summed E-state index contributed by atoms with van der Waals surface area (Å²) in [4.78, 5) is 6.24. The summed E-state index contributed by atoms with van der Waals surface area (Å²) in [6, 6.07) is 0. The highest BCUT2D eigenvalue weighted by atomic mass is 127. The summed E-state index contributed by atoms with van der Waals surface area (Å²) in [5.74, 6) is 1.20. The number of piperidine rings is 1. The molecule has 0 saturated carbocycles. The van der Waals surface area contributed by atoms with Crippen LogP contribution in [0, 0.1) is 5.92 Å². The van der Waals surface area contributed by atoms with Gasteiger partial charge in [-0.25, -0.2) is 8.42 Å². The van der Waals surface area contributed by atoms with Gasteiger partial charge in [0.2, 0.25) is 0 Å². The number of aliphatic imine (C=N–C) groups is 1. The summed E-state index contributed by atoms with van der Waals surface area (Å²) < 4.78 is 23.2. The molecule has 0 aromatic rings. The minimum Gasteiger partial charge on any atom is -0.370 e. The molecule has 1 unspecified atom stereocenters. The first-order chi connectivity index (χ1) is 8.33. The molecule has 2 N–H and O–H groups in total. The number of halogens is 1. The molecule has 7 heteroatoms. The number of nitrogens with zero attached hydrogens (tertiary/aromatic N) is 2. The average molecular weight is 403 g/mol. The van der Waals surface area contributed by atoms with Crippen molar-refractivity contribution in [1.29, 1.82) is 0 Å². The van der Waals surface area contributed by atoms with Gasteiger partial charge in [-0.2, -0.15) is 0 Å². The van der Waals surface area contributed by atoms with E-state index in [2.05, 4.69) is 16.8 Å². The summed E-state index contributed by atoms with van der Waals surface area (Å²) in [7, 11) is -3.02. The van der Waals surface area contributed by atoms with Crippen molar-refractivity contribution in [1.82, 2.24) is 4.90 Å². The summed E-state index contributed by atoms with van der Waals surface area (Å²) >= 11 is 0. The fraction of sp³-hybridized carbons (Fsp3) is 0.917. The van der Waals surface area contributed by atoms with Crippen LogP contribution in [0.25, 0.3) is 0 Å². The van der Waals surface area contributed by atoms with Crippen LogP contribution in [0.5, 0.6) is 0 Å². The van der Waals surface area contributed by atoms with Crippen LogP contribution in [-0.2, 0) is 9.84 Å². The second kappa shape index (κ2) is 8.28. The van der Waals surface area contributed by atoms with E-state index < -0.39 is 9.84 Å². The lowest BCUT2D eigenvalue weighted by molar-refractivity contribution is 0.270. The van der Waals surface area contributed by atoms with Gasteiger partial charge >= 0.3 is 0 Å². The van der Waals surface area contributed by atoms with E-state index in [0.29, 0.717) is 11.9 Å². The van der Waals surface area contributed by atoms with Crippen LogP contribution in [0.4, 0.5) is 0 Å². The van der Waals surface area contributed by atoms with E-state index in [9.17, 15) is 8.42 Å². The van der Waals surface area contributed by atoms with E-state index in [-0.39, 0.29) is 41.5 Å². The quantitative estimate of drug-likeness (QED) is 0.438. The third kappa shape index (κ3) is 6.29. The Hall–Kier alpha value is -0.0500. The molecule has 1 fully saturated rings. The Kier molecular flexibility index (Phi) is 8.26. The number of rotatable bonds is 4. The van der Waals surface area contributed by atoms with Crippen LogP contribution < -0.4 is 5.73 Å². The molecule has 0 aliphatic carbocycles. The van der Waals surface area contributed by atoms with Crippen molar-refractivity contribution in [3.8, 4) is 0 Å². The lowest BCUT2D eigenvalue weighted by Gasteiger charge is -2.31. The molecule has 1 rings (SSSR count). The average Bonchev–Trinajstić information content (AvgIpc) is 2.28. The SMILES string of the molecule is CC1CCCN(C(N)=NCCS(=O)(=O)C(C)C)C1.I. The zero-order valence-electron chi connectivity index (χ0n) is 12.0. The van der Waals surface area contributed by atoms with Gasteiger partial charge in [0.1, 0.15) is 0 Å². The first-order valence-corrected chi connectivity index (χ1v) is 8.31. The molecule has 0 aromatic carbocycles. The van der Waals surface area contributed by atoms with Crippen LogP contribution >= 0.6 is 24.0 Å². The normalized spacial score (nSPS) is 21.4. The molecule has 0 bridgehead atoms. The van der Waals surface area contributed by atoms with Gasteiger partial charge in [0.15, 0.2) is 15.8 Å². The van der Waals surface area contributed by atoms with Gasteiger partial charge in [0, 0.05) is 13.1 Å². The van der Waals surface area contributed by atoms with Crippen LogP contribution in [0.2, 0.25) is 0 Å². The Labute approximate surface area is 134 Å². The first-order valence-electron chi connectivity index (χ1n) is 6.59. The molecule has 1 saturated heterocycles. The molecule has 0 spiro atoms. The zero-order valence-corrected chi connectivity index (χ0v) is 15.1. The molecule has 1 atom stereocenters. The van der Waals surface area contributed by atoms with E-state index >= 15 is 0 Å². The standard InChI is InChI=1S/C12H25N3O2S.HI/c1-10(2)18(16,17)8-6-14-12(13)15-7-4-5-11(3)9-15;/h10-11H,4-9H2,1-3H3,(H2,13,14);1H. The Morgan fingerprint density at radius 1 is 1.47 bits per heavy atom. The minimum atomic E-state index is -3.02. The second-order valence-electron chi connectivity index (χ2n) is 5.35. The largest absolute Gasteiger partial charge is 0.370 e. The summed E-state index contributed by atoms with van der Waals surface area (Å²) in [5, 5.41) is -0.344. The van der Waals surface area contributed by atoms with Crippen molar-refractivity contribution in [3.63, 3.8) is 0 Å². The molecular formula is C12H26IN3O2S. The van der Waals surface area contributed by atoms with Crippen molar-refractivity contribution < 1.29 is 8.42 Å². The minimum absolute atomic E-state index is 0. The maximum absolute atomic E-state index is 11.6. The molecule has 19 heavy (non-hydrogen) atoms. The van der Waals surface area contributed by atoms with Gasteiger partial charge < -0.3 is 10.6 Å². The topological polar surface area (TPSA) is 75.8 Å². The van der Waals surface area contributed by atoms with Gasteiger partial charge in [-0.15, -0.1) is 24.0 Å². The maximum atomic E-state index is 11.6.